The largest absolute Gasteiger partial charge is 0.457 e. The molecule has 1 aliphatic carbocycles. The molecule has 5 heteroatoms. The fourth-order valence-electron chi connectivity index (χ4n) is 9.16. The fraction of sp³-hybridized carbons (Fsp3) is 0.0192. The smallest absolute Gasteiger partial charge is 0.164 e. The number of fused-ring (bicyclic) bond motifs is 12. The lowest BCUT2D eigenvalue weighted by atomic mass is 9.66. The predicted molar refractivity (Wildman–Crippen MR) is 226 cm³/mol. The van der Waals surface area contributed by atoms with Crippen LogP contribution in [0.4, 0.5) is 0 Å². The van der Waals surface area contributed by atoms with Gasteiger partial charge in [0.1, 0.15) is 22.7 Å². The van der Waals surface area contributed by atoms with Gasteiger partial charge in [0.05, 0.1) is 5.41 Å². The molecule has 1 aliphatic heterocycles. The molecular formula is C52H31N3O2. The van der Waals surface area contributed by atoms with Crippen LogP contribution in [-0.4, -0.2) is 15.0 Å². The van der Waals surface area contributed by atoms with Gasteiger partial charge in [-0.15, -0.1) is 0 Å². The molecule has 0 saturated heterocycles. The number of ether oxygens (including phenoxy) is 1. The Morgan fingerprint density at radius 1 is 0.351 bits per heavy atom. The molecule has 1 spiro atoms. The van der Waals surface area contributed by atoms with Crippen molar-refractivity contribution < 1.29 is 9.15 Å². The van der Waals surface area contributed by atoms with Crippen molar-refractivity contribution in [3.63, 3.8) is 0 Å². The summed E-state index contributed by atoms with van der Waals surface area (Å²) >= 11 is 0. The van der Waals surface area contributed by atoms with Crippen molar-refractivity contribution >= 4 is 21.9 Å². The van der Waals surface area contributed by atoms with Gasteiger partial charge in [-0.3, -0.25) is 0 Å². The van der Waals surface area contributed by atoms with Gasteiger partial charge in [0.25, 0.3) is 0 Å². The zero-order chi connectivity index (χ0) is 37.5. The molecular weight excluding hydrogens is 699 g/mol. The van der Waals surface area contributed by atoms with E-state index in [-0.39, 0.29) is 0 Å². The highest BCUT2D eigenvalue weighted by Crippen LogP contribution is 2.62. The quantitative estimate of drug-likeness (QED) is 0.180. The molecule has 0 amide bonds. The minimum Gasteiger partial charge on any atom is -0.457 e. The number of hydrogen-bond acceptors (Lipinski definition) is 5. The summed E-state index contributed by atoms with van der Waals surface area (Å²) in [6.45, 7) is 0. The van der Waals surface area contributed by atoms with Crippen molar-refractivity contribution in [3.8, 4) is 67.9 Å². The summed E-state index contributed by atoms with van der Waals surface area (Å²) in [6.07, 6.45) is 0. The molecule has 2 aromatic heterocycles. The molecule has 2 aliphatic rings. The molecule has 10 aromatic rings. The normalized spacial score (nSPS) is 13.2. The van der Waals surface area contributed by atoms with E-state index in [1.807, 2.05) is 72.8 Å². The van der Waals surface area contributed by atoms with Gasteiger partial charge in [-0.05, 0) is 63.7 Å². The molecule has 0 fully saturated rings. The maximum atomic E-state index is 6.83. The first-order valence-corrected chi connectivity index (χ1v) is 19.2. The highest BCUT2D eigenvalue weighted by molar-refractivity contribution is 6.12. The first-order chi connectivity index (χ1) is 28.2. The summed E-state index contributed by atoms with van der Waals surface area (Å²) in [6, 6.07) is 65.4. The molecule has 57 heavy (non-hydrogen) atoms. The molecule has 8 aromatic carbocycles. The van der Waals surface area contributed by atoms with Gasteiger partial charge < -0.3 is 9.15 Å². The van der Waals surface area contributed by atoms with Crippen LogP contribution in [0.3, 0.4) is 0 Å². The van der Waals surface area contributed by atoms with E-state index in [1.165, 1.54) is 22.3 Å². The van der Waals surface area contributed by atoms with Gasteiger partial charge in [-0.1, -0.05) is 158 Å². The number of hydrogen-bond donors (Lipinski definition) is 0. The number of aromatic nitrogens is 3. The van der Waals surface area contributed by atoms with Gasteiger partial charge in [-0.25, -0.2) is 15.0 Å². The van der Waals surface area contributed by atoms with Crippen LogP contribution in [0.5, 0.6) is 11.5 Å². The summed E-state index contributed by atoms with van der Waals surface area (Å²) < 4.78 is 13.3. The van der Waals surface area contributed by atoms with Gasteiger partial charge in [-0.2, -0.15) is 0 Å². The van der Waals surface area contributed by atoms with Gasteiger partial charge >= 0.3 is 0 Å². The summed E-state index contributed by atoms with van der Waals surface area (Å²) in [4.78, 5) is 15.1. The third kappa shape index (κ3) is 4.66. The number of benzene rings is 8. The van der Waals surface area contributed by atoms with E-state index in [2.05, 4.69) is 115 Å². The van der Waals surface area contributed by atoms with E-state index in [1.54, 1.807) is 0 Å². The van der Waals surface area contributed by atoms with Crippen molar-refractivity contribution in [2.24, 2.45) is 0 Å². The number of nitrogens with zero attached hydrogens (tertiary/aromatic N) is 3. The minimum absolute atomic E-state index is 0.503. The third-order valence-electron chi connectivity index (χ3n) is 11.6. The topological polar surface area (TPSA) is 61.0 Å². The van der Waals surface area contributed by atoms with E-state index >= 15 is 0 Å². The van der Waals surface area contributed by atoms with Gasteiger partial charge in [0.15, 0.2) is 17.5 Å². The molecule has 0 unspecified atom stereocenters. The molecule has 0 bridgehead atoms. The first kappa shape index (κ1) is 31.7. The second-order valence-electron chi connectivity index (χ2n) is 14.7. The lowest BCUT2D eigenvalue weighted by molar-refractivity contribution is 0.436. The van der Waals surface area contributed by atoms with Crippen molar-refractivity contribution in [3.05, 3.63) is 210 Å². The zero-order valence-corrected chi connectivity index (χ0v) is 30.6. The third-order valence-corrected chi connectivity index (χ3v) is 11.6. The van der Waals surface area contributed by atoms with E-state index in [9.17, 15) is 0 Å². The summed E-state index contributed by atoms with van der Waals surface area (Å²) in [7, 11) is 0. The molecule has 3 heterocycles. The second-order valence-corrected chi connectivity index (χ2v) is 14.7. The Bertz CT molecular complexity index is 3120. The van der Waals surface area contributed by atoms with E-state index < -0.39 is 5.41 Å². The van der Waals surface area contributed by atoms with Crippen LogP contribution in [-0.2, 0) is 5.41 Å². The monoisotopic (exact) mass is 729 g/mol. The SMILES string of the molecule is c1ccc(-c2nc(-c3ccccc3)nc(-c3cccc4oc5ccc(-c6ccc7c(c6)Oc6ccccc6C76c7ccccc7-c7ccccc76)cc5c34)n2)cc1. The zero-order valence-electron chi connectivity index (χ0n) is 30.6. The molecule has 0 N–H and O–H groups in total. The second kappa shape index (κ2) is 12.2. The Labute approximate surface area is 328 Å². The molecule has 0 radical (unpaired) electrons. The van der Waals surface area contributed by atoms with E-state index in [0.29, 0.717) is 17.5 Å². The lowest BCUT2D eigenvalue weighted by Gasteiger charge is -2.39. The Morgan fingerprint density at radius 3 is 1.60 bits per heavy atom. The van der Waals surface area contributed by atoms with Crippen LogP contribution in [0.1, 0.15) is 22.3 Å². The molecule has 5 nitrogen and oxygen atoms in total. The summed E-state index contributed by atoms with van der Waals surface area (Å²) in [5.41, 5.74) is 13.3. The Morgan fingerprint density at radius 2 is 0.895 bits per heavy atom. The highest BCUT2D eigenvalue weighted by Gasteiger charge is 2.50. The summed E-state index contributed by atoms with van der Waals surface area (Å²) in [5, 5.41) is 1.94. The van der Waals surface area contributed by atoms with E-state index in [0.717, 1.165) is 72.4 Å². The van der Waals surface area contributed by atoms with Crippen LogP contribution in [0, 0.1) is 0 Å². The molecule has 0 saturated carbocycles. The molecule has 12 rings (SSSR count). The summed E-state index contributed by atoms with van der Waals surface area (Å²) in [5.74, 6) is 3.54. The lowest BCUT2D eigenvalue weighted by Crippen LogP contribution is -2.32. The van der Waals surface area contributed by atoms with Crippen molar-refractivity contribution in [2.75, 3.05) is 0 Å². The number of furan rings is 1. The maximum absolute atomic E-state index is 6.83. The number of rotatable bonds is 4. The van der Waals surface area contributed by atoms with Crippen molar-refractivity contribution in [1.82, 2.24) is 15.0 Å². The average molecular weight is 730 g/mol. The highest BCUT2D eigenvalue weighted by atomic mass is 16.5. The van der Waals surface area contributed by atoms with Gasteiger partial charge in [0.2, 0.25) is 0 Å². The van der Waals surface area contributed by atoms with Crippen LogP contribution in [0.25, 0.3) is 78.4 Å². The molecule has 266 valence electrons. The van der Waals surface area contributed by atoms with Crippen LogP contribution in [0.15, 0.2) is 192 Å². The minimum atomic E-state index is -0.503. The predicted octanol–water partition coefficient (Wildman–Crippen LogP) is 12.9. The van der Waals surface area contributed by atoms with Crippen LogP contribution >= 0.6 is 0 Å². The Balaban J connectivity index is 1.04. The van der Waals surface area contributed by atoms with Crippen LogP contribution in [0.2, 0.25) is 0 Å². The maximum Gasteiger partial charge on any atom is 0.164 e. The van der Waals surface area contributed by atoms with Crippen LogP contribution < -0.4 is 4.74 Å². The van der Waals surface area contributed by atoms with Crippen molar-refractivity contribution in [1.29, 1.82) is 0 Å². The molecule has 0 atom stereocenters. The Kier molecular flexibility index (Phi) is 6.78. The number of para-hydroxylation sites is 1. The standard InChI is InChI=1S/C52H31N3O2/c1-3-14-32(15-4-1)49-53-50(33-16-5-2-6-17-33)55-51(54-49)38-20-13-25-46-48(38)39-30-34(27-29-44(39)56-46)35-26-28-43-47(31-35)57-45-24-12-11-23-42(45)52(43)40-21-9-7-18-36(40)37-19-8-10-22-41(37)52/h1-31H. The Hall–Kier alpha value is -7.63. The first-order valence-electron chi connectivity index (χ1n) is 19.2. The fourth-order valence-corrected chi connectivity index (χ4v) is 9.16. The van der Waals surface area contributed by atoms with Crippen molar-refractivity contribution in [2.45, 2.75) is 5.41 Å². The van der Waals surface area contributed by atoms with E-state index in [4.69, 9.17) is 24.1 Å². The average Bonchev–Trinajstić information content (AvgIpc) is 3.80. The van der Waals surface area contributed by atoms with Gasteiger partial charge in [0, 0.05) is 38.6 Å².